The van der Waals surface area contributed by atoms with Gasteiger partial charge in [-0.05, 0) is 12.2 Å². The Hall–Kier alpha value is -0.650. The van der Waals surface area contributed by atoms with Gasteiger partial charge in [-0.1, -0.05) is 19.8 Å². The molecular formula is C9H13F3N2S. The number of thioether (sulfide) groups is 1. The van der Waals surface area contributed by atoms with Gasteiger partial charge in [-0.3, -0.25) is 5.10 Å². The highest BCUT2D eigenvalue weighted by molar-refractivity contribution is 7.99. The van der Waals surface area contributed by atoms with E-state index >= 15 is 0 Å². The Morgan fingerprint density at radius 3 is 2.73 bits per heavy atom. The van der Waals surface area contributed by atoms with Crippen LogP contribution in [0.1, 0.15) is 31.9 Å². The summed E-state index contributed by atoms with van der Waals surface area (Å²) in [6, 6.07) is 0. The molecule has 86 valence electrons. The van der Waals surface area contributed by atoms with Gasteiger partial charge in [0.1, 0.15) is 0 Å². The van der Waals surface area contributed by atoms with Crippen LogP contribution in [0.2, 0.25) is 0 Å². The monoisotopic (exact) mass is 238 g/mol. The van der Waals surface area contributed by atoms with E-state index in [9.17, 15) is 13.2 Å². The van der Waals surface area contributed by atoms with E-state index in [1.165, 1.54) is 18.0 Å². The SMILES string of the molecule is CCCCCSc1cn[nH]c1C(F)(F)F. The lowest BCUT2D eigenvalue weighted by Crippen LogP contribution is -2.07. The van der Waals surface area contributed by atoms with Gasteiger partial charge in [-0.25, -0.2) is 0 Å². The third-order valence-corrected chi connectivity index (χ3v) is 3.01. The molecule has 1 aromatic rings. The first-order valence-electron chi connectivity index (χ1n) is 4.79. The van der Waals surface area contributed by atoms with Gasteiger partial charge in [0.25, 0.3) is 0 Å². The first-order valence-corrected chi connectivity index (χ1v) is 5.77. The average Bonchev–Trinajstić information content (AvgIpc) is 2.59. The highest BCUT2D eigenvalue weighted by atomic mass is 32.2. The Morgan fingerprint density at radius 1 is 1.40 bits per heavy atom. The predicted octanol–water partition coefficient (Wildman–Crippen LogP) is 3.71. The molecule has 0 saturated carbocycles. The number of rotatable bonds is 5. The number of aromatic amines is 1. The van der Waals surface area contributed by atoms with Crippen LogP contribution in [0, 0.1) is 0 Å². The minimum absolute atomic E-state index is 0.193. The Morgan fingerprint density at radius 2 is 2.13 bits per heavy atom. The van der Waals surface area contributed by atoms with Crippen molar-refractivity contribution >= 4 is 11.8 Å². The summed E-state index contributed by atoms with van der Waals surface area (Å²) in [5.41, 5.74) is -0.732. The molecule has 1 aromatic heterocycles. The summed E-state index contributed by atoms with van der Waals surface area (Å²) in [6.07, 6.45) is -0.0447. The lowest BCUT2D eigenvalue weighted by molar-refractivity contribution is -0.143. The normalized spacial score (nSPS) is 12.0. The first kappa shape index (κ1) is 12.4. The number of hydrogen-bond acceptors (Lipinski definition) is 2. The van der Waals surface area contributed by atoms with Gasteiger partial charge in [0, 0.05) is 0 Å². The van der Waals surface area contributed by atoms with Crippen molar-refractivity contribution in [2.75, 3.05) is 5.75 Å². The fraction of sp³-hybridized carbons (Fsp3) is 0.667. The molecule has 0 aromatic carbocycles. The van der Waals surface area contributed by atoms with Crippen LogP contribution in [0.4, 0.5) is 13.2 Å². The van der Waals surface area contributed by atoms with Gasteiger partial charge in [0.05, 0.1) is 11.1 Å². The van der Waals surface area contributed by atoms with Gasteiger partial charge in [0.15, 0.2) is 5.69 Å². The summed E-state index contributed by atoms with van der Waals surface area (Å²) >= 11 is 1.21. The molecule has 0 aliphatic rings. The van der Waals surface area contributed by atoms with Gasteiger partial charge >= 0.3 is 6.18 Å². The van der Waals surface area contributed by atoms with E-state index in [1.807, 2.05) is 5.10 Å². The Bertz CT molecular complexity index is 296. The van der Waals surface area contributed by atoms with Gasteiger partial charge in [-0.15, -0.1) is 11.8 Å². The second-order valence-electron chi connectivity index (χ2n) is 3.16. The largest absolute Gasteiger partial charge is 0.433 e. The Balaban J connectivity index is 2.51. The topological polar surface area (TPSA) is 28.7 Å². The molecule has 0 unspecified atom stereocenters. The van der Waals surface area contributed by atoms with Crippen LogP contribution in [-0.2, 0) is 6.18 Å². The fourth-order valence-electron chi connectivity index (χ4n) is 1.12. The predicted molar refractivity (Wildman–Crippen MR) is 53.8 cm³/mol. The molecule has 0 saturated heterocycles. The molecule has 0 aliphatic carbocycles. The standard InChI is InChI=1S/C9H13F3N2S/c1-2-3-4-5-15-7-6-13-14-8(7)9(10,11)12/h6H,2-5H2,1H3,(H,13,14). The van der Waals surface area contributed by atoms with Gasteiger partial charge in [-0.2, -0.15) is 18.3 Å². The average molecular weight is 238 g/mol. The van der Waals surface area contributed by atoms with E-state index in [1.54, 1.807) is 0 Å². The summed E-state index contributed by atoms with van der Waals surface area (Å²) in [5.74, 6) is 0.705. The molecule has 0 amide bonds. The van der Waals surface area contributed by atoms with E-state index in [0.717, 1.165) is 19.3 Å². The Labute approximate surface area is 90.6 Å². The van der Waals surface area contributed by atoms with Gasteiger partial charge in [0.2, 0.25) is 0 Å². The molecule has 0 bridgehead atoms. The molecule has 1 N–H and O–H groups in total. The van der Waals surface area contributed by atoms with Crippen LogP contribution < -0.4 is 0 Å². The van der Waals surface area contributed by atoms with E-state index in [4.69, 9.17) is 0 Å². The summed E-state index contributed by atoms with van der Waals surface area (Å²) in [7, 11) is 0. The number of hydrogen-bond donors (Lipinski definition) is 1. The van der Waals surface area contributed by atoms with Crippen LogP contribution in [0.3, 0.4) is 0 Å². The van der Waals surface area contributed by atoms with Crippen LogP contribution in [0.5, 0.6) is 0 Å². The lowest BCUT2D eigenvalue weighted by Gasteiger charge is -2.06. The molecule has 0 radical (unpaired) electrons. The third-order valence-electron chi connectivity index (χ3n) is 1.89. The lowest BCUT2D eigenvalue weighted by atomic mass is 10.3. The number of nitrogens with zero attached hydrogens (tertiary/aromatic N) is 1. The highest BCUT2D eigenvalue weighted by Crippen LogP contribution is 2.35. The quantitative estimate of drug-likeness (QED) is 0.625. The van der Waals surface area contributed by atoms with Crippen molar-refractivity contribution in [3.05, 3.63) is 11.9 Å². The minimum Gasteiger partial charge on any atom is -0.273 e. The number of nitrogens with one attached hydrogen (secondary N) is 1. The molecule has 2 nitrogen and oxygen atoms in total. The smallest absolute Gasteiger partial charge is 0.273 e. The van der Waals surface area contributed by atoms with Crippen LogP contribution in [-0.4, -0.2) is 16.0 Å². The van der Waals surface area contributed by atoms with Crippen molar-refractivity contribution in [1.29, 1.82) is 0 Å². The molecule has 1 heterocycles. The van der Waals surface area contributed by atoms with Crippen molar-refractivity contribution in [3.8, 4) is 0 Å². The third kappa shape index (κ3) is 3.77. The van der Waals surface area contributed by atoms with Crippen LogP contribution in [0.15, 0.2) is 11.1 Å². The maximum Gasteiger partial charge on any atom is 0.433 e. The summed E-state index contributed by atoms with van der Waals surface area (Å²) < 4.78 is 37.1. The minimum atomic E-state index is -4.33. The fourth-order valence-corrected chi connectivity index (χ4v) is 2.12. The zero-order chi connectivity index (χ0) is 11.3. The van der Waals surface area contributed by atoms with Crippen molar-refractivity contribution in [2.45, 2.75) is 37.3 Å². The van der Waals surface area contributed by atoms with Crippen molar-refractivity contribution in [1.82, 2.24) is 10.2 Å². The number of H-pyrrole nitrogens is 1. The second-order valence-corrected chi connectivity index (χ2v) is 4.30. The molecule has 0 aliphatic heterocycles. The maximum atomic E-state index is 12.4. The van der Waals surface area contributed by atoms with Crippen molar-refractivity contribution in [2.24, 2.45) is 0 Å². The van der Waals surface area contributed by atoms with E-state index in [0.29, 0.717) is 5.75 Å². The molecule has 0 spiro atoms. The number of alkyl halides is 3. The summed E-state index contributed by atoms with van der Waals surface area (Å²) in [4.78, 5) is 0.193. The van der Waals surface area contributed by atoms with E-state index in [2.05, 4.69) is 12.0 Å². The van der Waals surface area contributed by atoms with Crippen LogP contribution >= 0.6 is 11.8 Å². The zero-order valence-corrected chi connectivity index (χ0v) is 9.21. The number of aromatic nitrogens is 2. The molecule has 6 heteroatoms. The second kappa shape index (κ2) is 5.44. The first-order chi connectivity index (χ1) is 7.05. The van der Waals surface area contributed by atoms with E-state index in [-0.39, 0.29) is 4.90 Å². The molecule has 0 atom stereocenters. The van der Waals surface area contributed by atoms with Gasteiger partial charge < -0.3 is 0 Å². The molecule has 0 fully saturated rings. The molecule has 15 heavy (non-hydrogen) atoms. The Kier molecular flexibility index (Phi) is 4.50. The molecular weight excluding hydrogens is 225 g/mol. The summed E-state index contributed by atoms with van der Waals surface area (Å²) in [5, 5.41) is 5.41. The molecule has 1 rings (SSSR count). The van der Waals surface area contributed by atoms with E-state index < -0.39 is 11.9 Å². The number of halogens is 3. The highest BCUT2D eigenvalue weighted by Gasteiger charge is 2.35. The number of unbranched alkanes of at least 4 members (excludes halogenated alkanes) is 2. The summed E-state index contributed by atoms with van der Waals surface area (Å²) in [6.45, 7) is 2.06. The maximum absolute atomic E-state index is 12.4. The van der Waals surface area contributed by atoms with Crippen molar-refractivity contribution in [3.63, 3.8) is 0 Å². The van der Waals surface area contributed by atoms with Crippen molar-refractivity contribution < 1.29 is 13.2 Å². The zero-order valence-electron chi connectivity index (χ0n) is 8.40. The van der Waals surface area contributed by atoms with Crippen LogP contribution in [0.25, 0.3) is 0 Å².